The molecule has 1 rings (SSSR count). The summed E-state index contributed by atoms with van der Waals surface area (Å²) in [5.74, 6) is -0.625. The molecule has 0 bridgehead atoms. The molecule has 0 aliphatic heterocycles. The molecule has 0 aromatic heterocycles. The van der Waals surface area contributed by atoms with Gasteiger partial charge in [0.1, 0.15) is 5.25 Å². The fourth-order valence-corrected chi connectivity index (χ4v) is 2.83. The van der Waals surface area contributed by atoms with Crippen LogP contribution in [-0.4, -0.2) is 39.8 Å². The molecule has 0 saturated carbocycles. The Labute approximate surface area is 113 Å². The van der Waals surface area contributed by atoms with Crippen LogP contribution in [0.5, 0.6) is 0 Å². The maximum atomic E-state index is 12.1. The van der Waals surface area contributed by atoms with Crippen LogP contribution in [0.15, 0.2) is 30.3 Å². The lowest BCUT2D eigenvalue weighted by Crippen LogP contribution is -2.39. The number of sulfone groups is 1. The Morgan fingerprint density at radius 1 is 1.32 bits per heavy atom. The van der Waals surface area contributed by atoms with E-state index >= 15 is 0 Å². The second-order valence-corrected chi connectivity index (χ2v) is 6.54. The van der Waals surface area contributed by atoms with Gasteiger partial charge in [-0.3, -0.25) is 4.79 Å². The normalized spacial score (nSPS) is 12.9. The van der Waals surface area contributed by atoms with Crippen molar-refractivity contribution in [2.75, 3.05) is 20.3 Å². The average Bonchev–Trinajstić information content (AvgIpc) is 2.38. The van der Waals surface area contributed by atoms with Gasteiger partial charge in [-0.1, -0.05) is 30.3 Å². The number of ether oxygens (including phenoxy) is 1. The molecule has 0 aliphatic rings. The number of methoxy groups -OCH3 is 1. The maximum absolute atomic E-state index is 12.1. The molecule has 0 radical (unpaired) electrons. The van der Waals surface area contributed by atoms with Crippen molar-refractivity contribution in [3.63, 3.8) is 0 Å². The molecular formula is C13H19NO4S. The summed E-state index contributed by atoms with van der Waals surface area (Å²) < 4.78 is 29.0. The first-order valence-electron chi connectivity index (χ1n) is 5.99. The fraction of sp³-hybridized carbons (Fsp3) is 0.462. The van der Waals surface area contributed by atoms with Crippen LogP contribution in [0.25, 0.3) is 0 Å². The second kappa shape index (κ2) is 7.25. The lowest BCUT2D eigenvalue weighted by Gasteiger charge is -2.13. The van der Waals surface area contributed by atoms with Gasteiger partial charge in [0.05, 0.1) is 12.4 Å². The van der Waals surface area contributed by atoms with Crippen LogP contribution in [0.3, 0.4) is 0 Å². The molecule has 6 heteroatoms. The van der Waals surface area contributed by atoms with E-state index in [1.165, 1.54) is 14.0 Å². The van der Waals surface area contributed by atoms with Gasteiger partial charge in [0, 0.05) is 13.7 Å². The summed E-state index contributed by atoms with van der Waals surface area (Å²) in [7, 11) is -1.99. The quantitative estimate of drug-likeness (QED) is 0.750. The fourth-order valence-electron chi connectivity index (χ4n) is 1.51. The topological polar surface area (TPSA) is 72.5 Å². The number of benzene rings is 1. The molecule has 1 unspecified atom stereocenters. The zero-order chi connectivity index (χ0) is 14.3. The SMILES string of the molecule is COCCNC(=O)C(C)S(=O)(=O)Cc1ccccc1. The number of hydrogen-bond acceptors (Lipinski definition) is 4. The van der Waals surface area contributed by atoms with Gasteiger partial charge in [-0.2, -0.15) is 0 Å². The van der Waals surface area contributed by atoms with Crippen LogP contribution in [0.4, 0.5) is 0 Å². The lowest BCUT2D eigenvalue weighted by molar-refractivity contribution is -0.120. The summed E-state index contributed by atoms with van der Waals surface area (Å²) in [6.07, 6.45) is 0. The molecule has 0 spiro atoms. The van der Waals surface area contributed by atoms with Crippen LogP contribution in [0.2, 0.25) is 0 Å². The van der Waals surface area contributed by atoms with Crippen molar-refractivity contribution in [1.29, 1.82) is 0 Å². The van der Waals surface area contributed by atoms with Gasteiger partial charge in [-0.15, -0.1) is 0 Å². The van der Waals surface area contributed by atoms with Gasteiger partial charge in [0.2, 0.25) is 5.91 Å². The number of amides is 1. The zero-order valence-electron chi connectivity index (χ0n) is 11.1. The van der Waals surface area contributed by atoms with E-state index in [0.29, 0.717) is 18.7 Å². The van der Waals surface area contributed by atoms with E-state index in [0.717, 1.165) is 0 Å². The highest BCUT2D eigenvalue weighted by Crippen LogP contribution is 2.11. The Kier molecular flexibility index (Phi) is 5.98. The van der Waals surface area contributed by atoms with Crippen molar-refractivity contribution >= 4 is 15.7 Å². The molecule has 1 atom stereocenters. The van der Waals surface area contributed by atoms with Crippen molar-refractivity contribution in [3.8, 4) is 0 Å². The van der Waals surface area contributed by atoms with Gasteiger partial charge in [0.15, 0.2) is 9.84 Å². The van der Waals surface area contributed by atoms with Crippen LogP contribution >= 0.6 is 0 Å². The Balaban J connectivity index is 2.64. The number of rotatable bonds is 7. The molecule has 1 aromatic carbocycles. The first-order chi connectivity index (χ1) is 8.97. The smallest absolute Gasteiger partial charge is 0.238 e. The molecule has 5 nitrogen and oxygen atoms in total. The van der Waals surface area contributed by atoms with Crippen molar-refractivity contribution < 1.29 is 17.9 Å². The third-order valence-corrected chi connectivity index (χ3v) is 4.75. The summed E-state index contributed by atoms with van der Waals surface area (Å²) >= 11 is 0. The molecule has 1 N–H and O–H groups in total. The van der Waals surface area contributed by atoms with E-state index in [4.69, 9.17) is 4.74 Å². The predicted octanol–water partition coefficient (Wildman–Crippen LogP) is 0.752. The average molecular weight is 285 g/mol. The maximum Gasteiger partial charge on any atom is 0.238 e. The van der Waals surface area contributed by atoms with Gasteiger partial charge < -0.3 is 10.1 Å². The molecule has 0 aliphatic carbocycles. The molecule has 0 saturated heterocycles. The summed E-state index contributed by atoms with van der Waals surface area (Å²) in [4.78, 5) is 11.7. The van der Waals surface area contributed by atoms with Crippen molar-refractivity contribution in [3.05, 3.63) is 35.9 Å². The molecule has 106 valence electrons. The largest absolute Gasteiger partial charge is 0.383 e. The molecular weight excluding hydrogens is 266 g/mol. The summed E-state index contributed by atoms with van der Waals surface area (Å²) in [5, 5.41) is 1.47. The standard InChI is InChI=1S/C13H19NO4S/c1-11(13(15)14-8-9-18-2)19(16,17)10-12-6-4-3-5-7-12/h3-7,11H,8-10H2,1-2H3,(H,14,15). The second-order valence-electron chi connectivity index (χ2n) is 4.22. The van der Waals surface area contributed by atoms with E-state index in [-0.39, 0.29) is 5.75 Å². The third kappa shape index (κ3) is 5.00. The highest BCUT2D eigenvalue weighted by molar-refractivity contribution is 7.92. The van der Waals surface area contributed by atoms with Gasteiger partial charge in [0.25, 0.3) is 0 Å². The lowest BCUT2D eigenvalue weighted by atomic mass is 10.2. The summed E-state index contributed by atoms with van der Waals surface area (Å²) in [5.41, 5.74) is 0.680. The summed E-state index contributed by atoms with van der Waals surface area (Å²) in [6, 6.07) is 8.82. The minimum absolute atomic E-state index is 0.132. The summed E-state index contributed by atoms with van der Waals surface area (Å²) in [6.45, 7) is 2.07. The minimum atomic E-state index is -3.50. The van der Waals surface area contributed by atoms with Crippen molar-refractivity contribution in [1.82, 2.24) is 5.32 Å². The number of nitrogens with one attached hydrogen (secondary N) is 1. The first-order valence-corrected chi connectivity index (χ1v) is 7.71. The Hall–Kier alpha value is -1.40. The van der Waals surface area contributed by atoms with E-state index in [1.807, 2.05) is 6.07 Å². The monoisotopic (exact) mass is 285 g/mol. The first kappa shape index (κ1) is 15.7. The third-order valence-electron chi connectivity index (χ3n) is 2.72. The zero-order valence-corrected chi connectivity index (χ0v) is 11.9. The van der Waals surface area contributed by atoms with E-state index < -0.39 is 21.0 Å². The van der Waals surface area contributed by atoms with E-state index in [2.05, 4.69) is 5.32 Å². The van der Waals surface area contributed by atoms with Crippen molar-refractivity contribution in [2.45, 2.75) is 17.9 Å². The van der Waals surface area contributed by atoms with E-state index in [9.17, 15) is 13.2 Å². The number of carbonyl (C=O) groups excluding carboxylic acids is 1. The molecule has 1 amide bonds. The predicted molar refractivity (Wildman–Crippen MR) is 73.4 cm³/mol. The molecule has 0 heterocycles. The van der Waals surface area contributed by atoms with Crippen LogP contribution in [0.1, 0.15) is 12.5 Å². The number of hydrogen-bond donors (Lipinski definition) is 1. The minimum Gasteiger partial charge on any atom is -0.383 e. The van der Waals surface area contributed by atoms with E-state index in [1.54, 1.807) is 24.3 Å². The Morgan fingerprint density at radius 3 is 2.53 bits per heavy atom. The van der Waals surface area contributed by atoms with Gasteiger partial charge in [-0.25, -0.2) is 8.42 Å². The molecule has 19 heavy (non-hydrogen) atoms. The van der Waals surface area contributed by atoms with Crippen LogP contribution in [0, 0.1) is 0 Å². The molecule has 1 aromatic rings. The Bertz CT molecular complexity index is 499. The van der Waals surface area contributed by atoms with Crippen LogP contribution in [-0.2, 0) is 25.1 Å². The Morgan fingerprint density at radius 2 is 1.95 bits per heavy atom. The van der Waals surface area contributed by atoms with Crippen LogP contribution < -0.4 is 5.32 Å². The highest BCUT2D eigenvalue weighted by atomic mass is 32.2. The highest BCUT2D eigenvalue weighted by Gasteiger charge is 2.27. The molecule has 0 fully saturated rings. The van der Waals surface area contributed by atoms with Gasteiger partial charge >= 0.3 is 0 Å². The number of carbonyl (C=O) groups is 1. The van der Waals surface area contributed by atoms with Crippen molar-refractivity contribution in [2.24, 2.45) is 0 Å². The van der Waals surface area contributed by atoms with Gasteiger partial charge in [-0.05, 0) is 12.5 Å².